The van der Waals surface area contributed by atoms with Crippen LogP contribution in [0.25, 0.3) is 11.4 Å². The minimum atomic E-state index is -5.53. The predicted molar refractivity (Wildman–Crippen MR) is 117 cm³/mol. The van der Waals surface area contributed by atoms with E-state index in [4.69, 9.17) is 17.3 Å². The second-order valence-corrected chi connectivity index (χ2v) is 9.70. The summed E-state index contributed by atoms with van der Waals surface area (Å²) in [4.78, 5) is 5.30. The molecule has 0 bridgehead atoms. The summed E-state index contributed by atoms with van der Waals surface area (Å²) in [6.45, 7) is 0.526. The van der Waals surface area contributed by atoms with Crippen LogP contribution < -0.4 is 10.6 Å². The highest BCUT2D eigenvalue weighted by Crippen LogP contribution is 2.43. The maximum Gasteiger partial charge on any atom is 0.458 e. The quantitative estimate of drug-likeness (QED) is 0.485. The van der Waals surface area contributed by atoms with E-state index in [0.717, 1.165) is 11.6 Å². The van der Waals surface area contributed by atoms with Crippen LogP contribution in [0.2, 0.25) is 5.02 Å². The average Bonchev–Trinajstić information content (AvgIpc) is 3.25. The van der Waals surface area contributed by atoms with Gasteiger partial charge in [-0.05, 0) is 29.8 Å². The van der Waals surface area contributed by atoms with Crippen LogP contribution in [0.1, 0.15) is 11.5 Å². The van der Waals surface area contributed by atoms with E-state index in [2.05, 4.69) is 19.4 Å². The Balaban J connectivity index is 1.79. The highest BCUT2D eigenvalue weighted by molar-refractivity contribution is 7.85. The Morgan fingerprint density at radius 1 is 1.26 bits per heavy atom. The molecule has 0 amide bonds. The zero-order valence-corrected chi connectivity index (χ0v) is 19.6. The SMILES string of the molecule is COC(F)(c1nc(-c2cc3c(cc2F)S(=O)C[C@H](N)CN3Cc2ccc(Cl)cc2)no1)C(F)(F)F. The Kier molecular flexibility index (Phi) is 6.88. The van der Waals surface area contributed by atoms with E-state index < -0.39 is 46.4 Å². The molecule has 2 heterocycles. The second kappa shape index (κ2) is 9.45. The van der Waals surface area contributed by atoms with E-state index >= 15 is 4.39 Å². The molecule has 1 aromatic heterocycles. The third kappa shape index (κ3) is 4.90. The largest absolute Gasteiger partial charge is 0.458 e. The van der Waals surface area contributed by atoms with Gasteiger partial charge < -0.3 is 19.9 Å². The molecule has 1 aliphatic heterocycles. The van der Waals surface area contributed by atoms with Crippen molar-refractivity contribution in [2.75, 3.05) is 24.3 Å². The van der Waals surface area contributed by atoms with Gasteiger partial charge in [-0.2, -0.15) is 22.5 Å². The molecule has 2 aromatic carbocycles. The Labute approximate surface area is 203 Å². The number of methoxy groups -OCH3 is 1. The lowest BCUT2D eigenvalue weighted by Gasteiger charge is -2.26. The molecule has 0 aliphatic carbocycles. The average molecular weight is 537 g/mol. The highest BCUT2D eigenvalue weighted by Gasteiger charge is 2.63. The fourth-order valence-corrected chi connectivity index (χ4v) is 5.07. The summed E-state index contributed by atoms with van der Waals surface area (Å²) < 4.78 is 90.1. The summed E-state index contributed by atoms with van der Waals surface area (Å²) in [5.74, 6) is -7.48. The minimum absolute atomic E-state index is 0.0685. The molecule has 4 rings (SSSR count). The van der Waals surface area contributed by atoms with E-state index in [0.29, 0.717) is 17.8 Å². The van der Waals surface area contributed by atoms with Crippen LogP contribution in [0.3, 0.4) is 0 Å². The maximum absolute atomic E-state index is 15.0. The van der Waals surface area contributed by atoms with Gasteiger partial charge >= 0.3 is 17.9 Å². The van der Waals surface area contributed by atoms with Gasteiger partial charge in [0, 0.05) is 37.0 Å². The zero-order chi connectivity index (χ0) is 25.5. The number of rotatable bonds is 5. The van der Waals surface area contributed by atoms with E-state index in [1.54, 1.807) is 29.2 Å². The number of alkyl halides is 4. The maximum atomic E-state index is 15.0. The molecule has 2 N–H and O–H groups in total. The molecule has 0 radical (unpaired) electrons. The van der Waals surface area contributed by atoms with Gasteiger partial charge in [0.15, 0.2) is 0 Å². The summed E-state index contributed by atoms with van der Waals surface area (Å²) in [6, 6.07) is 8.61. The number of nitrogens with zero attached hydrogens (tertiary/aromatic N) is 3. The number of benzene rings is 2. The molecule has 2 unspecified atom stereocenters. The second-order valence-electron chi connectivity index (χ2n) is 7.80. The van der Waals surface area contributed by atoms with E-state index in [9.17, 15) is 21.8 Å². The Morgan fingerprint density at radius 2 is 1.94 bits per heavy atom. The van der Waals surface area contributed by atoms with Crippen LogP contribution in [-0.2, 0) is 27.9 Å². The van der Waals surface area contributed by atoms with E-state index in [1.165, 1.54) is 6.07 Å². The molecule has 35 heavy (non-hydrogen) atoms. The third-order valence-corrected chi connectivity index (χ3v) is 7.13. The lowest BCUT2D eigenvalue weighted by Crippen LogP contribution is -2.40. The Morgan fingerprint density at radius 3 is 2.57 bits per heavy atom. The summed E-state index contributed by atoms with van der Waals surface area (Å²) in [7, 11) is -1.18. The highest BCUT2D eigenvalue weighted by atomic mass is 35.5. The van der Waals surface area contributed by atoms with Gasteiger partial charge in [0.05, 0.1) is 26.9 Å². The minimum Gasteiger partial charge on any atom is -0.365 e. The molecule has 7 nitrogen and oxygen atoms in total. The van der Waals surface area contributed by atoms with Crippen molar-refractivity contribution in [1.82, 2.24) is 10.1 Å². The van der Waals surface area contributed by atoms with Gasteiger partial charge in [-0.25, -0.2) is 4.39 Å². The number of anilines is 1. The first-order valence-corrected chi connectivity index (χ1v) is 11.7. The molecule has 3 aromatic rings. The van der Waals surface area contributed by atoms with Gasteiger partial charge in [-0.15, -0.1) is 0 Å². The van der Waals surface area contributed by atoms with Crippen molar-refractivity contribution in [1.29, 1.82) is 0 Å². The van der Waals surface area contributed by atoms with Crippen molar-refractivity contribution in [3.63, 3.8) is 0 Å². The van der Waals surface area contributed by atoms with Crippen molar-refractivity contribution in [3.05, 3.63) is 58.7 Å². The van der Waals surface area contributed by atoms with Crippen molar-refractivity contribution in [3.8, 4) is 11.4 Å². The van der Waals surface area contributed by atoms with Crippen LogP contribution in [-0.4, -0.2) is 46.0 Å². The first-order chi connectivity index (χ1) is 16.4. The monoisotopic (exact) mass is 536 g/mol. The molecule has 0 fully saturated rings. The summed E-state index contributed by atoms with van der Waals surface area (Å²) in [6.07, 6.45) is -5.53. The van der Waals surface area contributed by atoms with Crippen LogP contribution in [0.5, 0.6) is 0 Å². The van der Waals surface area contributed by atoms with E-state index in [1.807, 2.05) is 0 Å². The lowest BCUT2D eigenvalue weighted by atomic mass is 10.1. The molecule has 0 saturated carbocycles. The zero-order valence-electron chi connectivity index (χ0n) is 18.0. The van der Waals surface area contributed by atoms with Gasteiger partial charge in [0.25, 0.3) is 0 Å². The van der Waals surface area contributed by atoms with Crippen LogP contribution in [0.4, 0.5) is 27.6 Å². The molecule has 0 saturated heterocycles. The van der Waals surface area contributed by atoms with E-state index in [-0.39, 0.29) is 29.3 Å². The van der Waals surface area contributed by atoms with Gasteiger partial charge in [0.2, 0.25) is 5.82 Å². The number of halogens is 6. The van der Waals surface area contributed by atoms with Crippen molar-refractivity contribution in [2.24, 2.45) is 5.73 Å². The first-order valence-electron chi connectivity index (χ1n) is 10.0. The first kappa shape index (κ1) is 25.5. The number of fused-ring (bicyclic) bond motifs is 1. The Hall–Kier alpha value is -2.61. The van der Waals surface area contributed by atoms with Crippen molar-refractivity contribution in [2.45, 2.75) is 29.5 Å². The third-order valence-electron chi connectivity index (χ3n) is 5.33. The van der Waals surface area contributed by atoms with Crippen LogP contribution in [0.15, 0.2) is 45.8 Å². The number of hydrogen-bond acceptors (Lipinski definition) is 7. The summed E-state index contributed by atoms with van der Waals surface area (Å²) in [5.41, 5.74) is 6.86. The molecular weight excluding hydrogens is 519 g/mol. The van der Waals surface area contributed by atoms with Crippen molar-refractivity contribution < 1.29 is 35.4 Å². The smallest absolute Gasteiger partial charge is 0.365 e. The van der Waals surface area contributed by atoms with Crippen LogP contribution >= 0.6 is 11.6 Å². The molecular formula is C21H18ClF5N4O3S. The molecule has 14 heteroatoms. The molecule has 3 atom stereocenters. The molecule has 1 aliphatic rings. The summed E-state index contributed by atoms with van der Waals surface area (Å²) >= 11 is 5.94. The van der Waals surface area contributed by atoms with Gasteiger partial charge in [-0.1, -0.05) is 28.9 Å². The molecule has 188 valence electrons. The number of nitrogens with two attached hydrogens (primary N) is 1. The fraction of sp³-hybridized carbons (Fsp3) is 0.333. The normalized spacial score (nSPS) is 20.3. The fourth-order valence-electron chi connectivity index (χ4n) is 3.61. The summed E-state index contributed by atoms with van der Waals surface area (Å²) in [5, 5.41) is 3.85. The standard InChI is InChI=1S/C21H18ClF5N4O3S/c1-33-20(24,21(25,26)27)19-29-18(30-34-19)14-6-16-17(7-15(14)23)35(32)10-13(28)9-31(16)8-11-2-4-12(22)5-3-11/h2-7,13H,8-10,28H2,1H3/t13-,20?,35?/m1/s1. The topological polar surface area (TPSA) is 94.5 Å². The van der Waals surface area contributed by atoms with Gasteiger partial charge in [-0.3, -0.25) is 4.21 Å². The predicted octanol–water partition coefficient (Wildman–Crippen LogP) is 4.32. The van der Waals surface area contributed by atoms with Crippen LogP contribution in [0, 0.1) is 5.82 Å². The Bertz CT molecular complexity index is 1260. The van der Waals surface area contributed by atoms with Crippen molar-refractivity contribution >= 4 is 28.1 Å². The number of hydrogen-bond donors (Lipinski definition) is 1. The number of ether oxygens (including phenoxy) is 1. The lowest BCUT2D eigenvalue weighted by molar-refractivity contribution is -0.342. The number of aromatic nitrogens is 2. The molecule has 0 spiro atoms. The van der Waals surface area contributed by atoms with Gasteiger partial charge in [0.1, 0.15) is 5.82 Å².